The molecule has 0 aliphatic rings. The van der Waals surface area contributed by atoms with Gasteiger partial charge in [-0.2, -0.15) is 0 Å². The van der Waals surface area contributed by atoms with Gasteiger partial charge in [-0.25, -0.2) is 0 Å². The molecule has 1 radical (unpaired) electrons. The van der Waals surface area contributed by atoms with Crippen molar-refractivity contribution in [1.29, 1.82) is 5.26 Å². The second-order valence-electron chi connectivity index (χ2n) is 0.671. The van der Waals surface area contributed by atoms with Crippen molar-refractivity contribution in [2.75, 3.05) is 0 Å². The molecular weight excluding hydrogens is 177 g/mol. The zero-order valence-electron chi connectivity index (χ0n) is 4.81. The zero-order chi connectivity index (χ0) is 5.54. The van der Waals surface area contributed by atoms with Gasteiger partial charge in [-0.3, -0.25) is 0 Å². The van der Waals surface area contributed by atoms with E-state index >= 15 is 0 Å². The van der Waals surface area contributed by atoms with Crippen molar-refractivity contribution < 1.29 is 35.9 Å². The van der Waals surface area contributed by atoms with Crippen LogP contribution in [0.4, 0.5) is 0 Å². The smallest absolute Gasteiger partial charge is 0.512 e. The predicted molar refractivity (Wildman–Crippen MR) is 27.0 cm³/mol. The van der Waals surface area contributed by atoms with E-state index in [2.05, 4.69) is 10.8 Å². The number of rotatable bonds is 0. The molecule has 0 saturated heterocycles. The van der Waals surface area contributed by atoms with Crippen LogP contribution in [0.5, 0.6) is 0 Å². The molecule has 1 aromatic rings. The predicted octanol–water partition coefficient (Wildman–Crippen LogP) is -1.55. The second kappa shape index (κ2) is 15.7. The molecule has 0 N–H and O–H groups in total. The van der Waals surface area contributed by atoms with Gasteiger partial charge in [0.15, 0.2) is 0 Å². The van der Waals surface area contributed by atoms with Gasteiger partial charge < -0.3 is 46.1 Å². The third-order valence-electron chi connectivity index (χ3n) is 0.337. The minimum atomic E-state index is 0. The van der Waals surface area contributed by atoms with Crippen molar-refractivity contribution in [3.63, 3.8) is 0 Å². The fourth-order valence-corrected chi connectivity index (χ4v) is 0.510. The molecule has 4 heteroatoms. The van der Waals surface area contributed by atoms with Gasteiger partial charge in [0.25, 0.3) is 0 Å². The Labute approximate surface area is 81.7 Å². The van der Waals surface area contributed by atoms with Crippen LogP contribution in [0.1, 0.15) is 0 Å². The third kappa shape index (κ3) is 11.7. The van der Waals surface area contributed by atoms with Gasteiger partial charge in [0.2, 0.25) is 0 Å². The fraction of sp³-hybridized carbons (Fsp3) is 0. The van der Waals surface area contributed by atoms with Gasteiger partial charge in [0.1, 0.15) is 0 Å². The van der Waals surface area contributed by atoms with Gasteiger partial charge in [0.05, 0.1) is 0 Å². The summed E-state index contributed by atoms with van der Waals surface area (Å²) in [5, 5.41) is 11.9. The van der Waals surface area contributed by atoms with Crippen LogP contribution in [0, 0.1) is 22.6 Å². The van der Waals surface area contributed by atoms with Crippen LogP contribution in [0.25, 0.3) is 0 Å². The molecule has 0 bridgehead atoms. The molecule has 0 aromatic carbocycles. The first-order valence-electron chi connectivity index (χ1n) is 1.54. The summed E-state index contributed by atoms with van der Waals surface area (Å²) < 4.78 is 0. The molecule has 0 spiro atoms. The van der Waals surface area contributed by atoms with Crippen LogP contribution < -0.4 is 18.9 Å². The molecule has 0 amide bonds. The summed E-state index contributed by atoms with van der Waals surface area (Å²) in [6.45, 7) is 4.75. The minimum Gasteiger partial charge on any atom is -0.512 e. The Morgan fingerprint density at radius 3 is 1.67 bits per heavy atom. The summed E-state index contributed by atoms with van der Waals surface area (Å²) in [5.74, 6) is 0. The van der Waals surface area contributed by atoms with Crippen molar-refractivity contribution in [3.05, 3.63) is 29.5 Å². The molecule has 45 valence electrons. The van der Waals surface area contributed by atoms with E-state index < -0.39 is 0 Å². The van der Waals surface area contributed by atoms with E-state index in [1.165, 1.54) is 11.3 Å². The van der Waals surface area contributed by atoms with Crippen molar-refractivity contribution in [3.8, 4) is 0 Å². The summed E-state index contributed by atoms with van der Waals surface area (Å²) in [4.78, 5) is 0. The normalized spacial score (nSPS) is 4.67. The summed E-state index contributed by atoms with van der Waals surface area (Å²) in [6, 6.07) is 3.68. The first-order chi connectivity index (χ1) is 3.50. The number of hydrogen-bond donors (Lipinski definition) is 0. The fourth-order valence-electron chi connectivity index (χ4n) is 0.170. The Bertz CT molecular complexity index is 101. The summed E-state index contributed by atoms with van der Waals surface area (Å²) >= 11 is 1.46. The Hall–Kier alpha value is 0.307. The molecular formula is C5H2CuLiNS. The van der Waals surface area contributed by atoms with Gasteiger partial charge in [0, 0.05) is 0 Å². The molecule has 0 fully saturated rings. The van der Waals surface area contributed by atoms with Crippen molar-refractivity contribution >= 4 is 11.3 Å². The maximum absolute atomic E-state index is 6.25. The third-order valence-corrected chi connectivity index (χ3v) is 0.845. The Kier molecular flexibility index (Phi) is 28.3. The number of nitrogens with zero attached hydrogens (tertiary/aromatic N) is 1. The molecule has 1 nitrogen and oxygen atoms in total. The standard InChI is InChI=1S/C4H2S.CN.Cu.Li/c1-2-4-5-3-1;1-2;;/h1-2H;;;/q-2;-1;+2;+1. The summed E-state index contributed by atoms with van der Waals surface area (Å²) in [5.41, 5.74) is 0. The first-order valence-corrected chi connectivity index (χ1v) is 2.36. The van der Waals surface area contributed by atoms with E-state index in [4.69, 9.17) is 11.8 Å². The average Bonchev–Trinajstić information content (AvgIpc) is 2.23. The van der Waals surface area contributed by atoms with Crippen LogP contribution in [-0.2, 0) is 17.1 Å². The van der Waals surface area contributed by atoms with Gasteiger partial charge in [-0.1, -0.05) is 0 Å². The van der Waals surface area contributed by atoms with Crippen LogP contribution in [-0.4, -0.2) is 0 Å². The zero-order valence-corrected chi connectivity index (χ0v) is 6.57. The van der Waals surface area contributed by atoms with E-state index in [1.54, 1.807) is 0 Å². The van der Waals surface area contributed by atoms with E-state index in [-0.39, 0.29) is 35.9 Å². The molecule has 0 unspecified atom stereocenters. The summed E-state index contributed by atoms with van der Waals surface area (Å²) in [6.07, 6.45) is 0. The van der Waals surface area contributed by atoms with Crippen LogP contribution >= 0.6 is 11.3 Å². The topological polar surface area (TPSA) is 23.8 Å². The van der Waals surface area contributed by atoms with Gasteiger partial charge in [-0.05, 0) is 0 Å². The first kappa shape index (κ1) is 16.1. The Morgan fingerprint density at radius 1 is 1.22 bits per heavy atom. The molecule has 0 aliphatic heterocycles. The second-order valence-corrected chi connectivity index (χ2v) is 1.35. The van der Waals surface area contributed by atoms with E-state index in [0.29, 0.717) is 0 Å². The molecule has 9 heavy (non-hydrogen) atoms. The number of hydrogen-bond acceptors (Lipinski definition) is 2. The number of thiophene rings is 1. The van der Waals surface area contributed by atoms with Crippen LogP contribution in [0.3, 0.4) is 0 Å². The van der Waals surface area contributed by atoms with Crippen molar-refractivity contribution in [2.24, 2.45) is 0 Å². The quantitative estimate of drug-likeness (QED) is 0.349. The maximum atomic E-state index is 6.25. The average molecular weight is 179 g/mol. The monoisotopic (exact) mass is 178 g/mol. The van der Waals surface area contributed by atoms with E-state index in [0.717, 1.165) is 0 Å². The molecule has 1 heterocycles. The minimum absolute atomic E-state index is 0. The molecule has 1 aromatic heterocycles. The molecule has 1 rings (SSSR count). The SMILES string of the molecule is [C-]#N.[Cu+2].[Li+].[c-]1cc[c-]s1. The van der Waals surface area contributed by atoms with Crippen LogP contribution in [0.2, 0.25) is 0 Å². The van der Waals surface area contributed by atoms with E-state index in [1.807, 2.05) is 12.1 Å². The largest absolute Gasteiger partial charge is 2.00 e. The van der Waals surface area contributed by atoms with Crippen molar-refractivity contribution in [2.45, 2.75) is 0 Å². The maximum Gasteiger partial charge on any atom is 2.00 e. The van der Waals surface area contributed by atoms with E-state index in [9.17, 15) is 0 Å². The van der Waals surface area contributed by atoms with Crippen LogP contribution in [0.15, 0.2) is 12.1 Å². The summed E-state index contributed by atoms with van der Waals surface area (Å²) in [7, 11) is 0. The molecule has 0 atom stereocenters. The Balaban J connectivity index is -0.0000000836. The molecule has 0 aliphatic carbocycles. The van der Waals surface area contributed by atoms with Gasteiger partial charge >= 0.3 is 35.9 Å². The molecule has 0 saturated carbocycles. The van der Waals surface area contributed by atoms with Crippen molar-refractivity contribution in [1.82, 2.24) is 0 Å². The Morgan fingerprint density at radius 2 is 1.56 bits per heavy atom. The van der Waals surface area contributed by atoms with Gasteiger partial charge in [-0.15, -0.1) is 0 Å².